The first-order valence-corrected chi connectivity index (χ1v) is 15.9. The molecule has 0 bridgehead atoms. The van der Waals surface area contributed by atoms with Crippen molar-refractivity contribution in [2.45, 2.75) is 78.3 Å². The Morgan fingerprint density at radius 2 is 0.969 bits per heavy atom. The van der Waals surface area contributed by atoms with Crippen molar-refractivity contribution >= 4 is 23.7 Å². The molecule has 194 valence electrons. The summed E-state index contributed by atoms with van der Waals surface area (Å²) in [5.74, 6) is 0. The van der Waals surface area contributed by atoms with E-state index >= 15 is 0 Å². The molecule has 0 aromatic heterocycles. The van der Waals surface area contributed by atoms with Crippen LogP contribution in [0, 0.1) is 0 Å². The maximum atomic E-state index is 12.1. The van der Waals surface area contributed by atoms with Gasteiger partial charge in [0.2, 0.25) is 0 Å². The van der Waals surface area contributed by atoms with Crippen LogP contribution in [0.25, 0.3) is 0 Å². The largest absolute Gasteiger partial charge is 0.330 e. The molecular formula is C20H46NO8P3. The molecule has 0 aliphatic carbocycles. The van der Waals surface area contributed by atoms with Gasteiger partial charge in [-0.3, -0.25) is 9.13 Å². The van der Waals surface area contributed by atoms with Crippen LogP contribution < -0.4 is 0 Å². The van der Waals surface area contributed by atoms with Crippen LogP contribution in [0.15, 0.2) is 0 Å². The molecule has 0 unspecified atom stereocenters. The zero-order valence-electron chi connectivity index (χ0n) is 21.3. The molecule has 0 amide bonds. The predicted octanol–water partition coefficient (Wildman–Crippen LogP) is 6.68. The maximum Gasteiger partial charge on any atom is 0.330 e. The van der Waals surface area contributed by atoms with Crippen molar-refractivity contribution in [1.82, 2.24) is 4.67 Å². The van der Waals surface area contributed by atoms with Crippen molar-refractivity contribution in [3.8, 4) is 0 Å². The first-order chi connectivity index (χ1) is 15.1. The summed E-state index contributed by atoms with van der Waals surface area (Å²) in [6, 6.07) is 0.592. The van der Waals surface area contributed by atoms with Gasteiger partial charge < -0.3 is 27.1 Å². The Labute approximate surface area is 197 Å². The van der Waals surface area contributed by atoms with Crippen LogP contribution in [-0.2, 0) is 36.3 Å². The number of unbranched alkanes of at least 4 members (excludes halogenated alkanes) is 4. The zero-order valence-corrected chi connectivity index (χ0v) is 24.0. The van der Waals surface area contributed by atoms with E-state index in [-0.39, 0.29) is 0 Å². The Bertz CT molecular complexity index is 503. The lowest BCUT2D eigenvalue weighted by molar-refractivity contribution is 0.170. The SMILES string of the molecule is COP(=O)(CCCCCOP(OCCCCCP(=O)(OC)OC)N(C(C)C)C(C)C)OC. The highest BCUT2D eigenvalue weighted by atomic mass is 31.2. The molecule has 0 aromatic rings. The van der Waals surface area contributed by atoms with Crippen LogP contribution >= 0.6 is 23.7 Å². The summed E-state index contributed by atoms with van der Waals surface area (Å²) >= 11 is 0. The van der Waals surface area contributed by atoms with Crippen LogP contribution in [0.4, 0.5) is 0 Å². The molecular weight excluding hydrogens is 475 g/mol. The van der Waals surface area contributed by atoms with Gasteiger partial charge in [0, 0.05) is 40.5 Å². The number of nitrogens with zero attached hydrogens (tertiary/aromatic N) is 1. The first kappa shape index (κ1) is 32.6. The third-order valence-corrected chi connectivity index (χ3v) is 11.0. The fourth-order valence-corrected chi connectivity index (χ4v) is 7.03. The Morgan fingerprint density at radius 3 is 1.25 bits per heavy atom. The smallest absolute Gasteiger partial charge is 0.322 e. The average Bonchev–Trinajstić information content (AvgIpc) is 2.77. The molecule has 0 radical (unpaired) electrons. The van der Waals surface area contributed by atoms with Crippen LogP contribution in [0.2, 0.25) is 0 Å². The fraction of sp³-hybridized carbons (Fsp3) is 1.00. The minimum absolute atomic E-state index is 0.296. The van der Waals surface area contributed by atoms with E-state index in [1.165, 1.54) is 28.4 Å². The summed E-state index contributed by atoms with van der Waals surface area (Å²) in [4.78, 5) is 0. The quantitative estimate of drug-likeness (QED) is 0.121. The van der Waals surface area contributed by atoms with Crippen molar-refractivity contribution in [2.24, 2.45) is 0 Å². The molecule has 0 spiro atoms. The van der Waals surface area contributed by atoms with E-state index in [0.29, 0.717) is 37.6 Å². The fourth-order valence-electron chi connectivity index (χ4n) is 3.11. The van der Waals surface area contributed by atoms with Crippen LogP contribution in [-0.4, -0.2) is 70.7 Å². The highest BCUT2D eigenvalue weighted by Crippen LogP contribution is 2.49. The van der Waals surface area contributed by atoms with E-state index in [4.69, 9.17) is 27.1 Å². The summed E-state index contributed by atoms with van der Waals surface area (Å²) in [6.07, 6.45) is 5.79. The summed E-state index contributed by atoms with van der Waals surface area (Å²) in [5.41, 5.74) is 0. The highest BCUT2D eigenvalue weighted by Gasteiger charge is 2.27. The minimum atomic E-state index is -2.93. The summed E-state index contributed by atoms with van der Waals surface area (Å²) < 4.78 is 58.6. The summed E-state index contributed by atoms with van der Waals surface area (Å²) in [7, 11) is -1.38. The molecule has 0 heterocycles. The molecule has 9 nitrogen and oxygen atoms in total. The van der Waals surface area contributed by atoms with Gasteiger partial charge in [-0.05, 0) is 53.4 Å². The van der Waals surface area contributed by atoms with E-state index in [0.717, 1.165) is 38.5 Å². The van der Waals surface area contributed by atoms with E-state index in [1.807, 2.05) is 0 Å². The van der Waals surface area contributed by atoms with Gasteiger partial charge in [-0.15, -0.1) is 0 Å². The molecule has 0 aliphatic heterocycles. The average molecular weight is 522 g/mol. The molecule has 0 rings (SSSR count). The van der Waals surface area contributed by atoms with Crippen LogP contribution in [0.3, 0.4) is 0 Å². The van der Waals surface area contributed by atoms with Crippen molar-refractivity contribution in [3.63, 3.8) is 0 Å². The first-order valence-electron chi connectivity index (χ1n) is 11.3. The topological polar surface area (TPSA) is 92.8 Å². The van der Waals surface area contributed by atoms with Crippen LogP contribution in [0.1, 0.15) is 66.2 Å². The highest BCUT2D eigenvalue weighted by molar-refractivity contribution is 7.54. The Balaban J connectivity index is 4.47. The lowest BCUT2D eigenvalue weighted by atomic mass is 10.3. The Hall–Kier alpha value is 0.610. The summed E-state index contributed by atoms with van der Waals surface area (Å²) in [5, 5.41) is 0. The standard InChI is InChI=1S/C20H46NO8P3/c1-19(2)21(20(3)4)30(28-15-11-9-13-17-31(22,24-5)25-6)29-16-12-10-14-18-32(23,26-7)27-8/h19-20H,9-18H2,1-8H3. The van der Waals surface area contributed by atoms with E-state index in [2.05, 4.69) is 32.4 Å². The Kier molecular flexibility index (Phi) is 18.3. The molecule has 32 heavy (non-hydrogen) atoms. The third kappa shape index (κ3) is 13.5. The number of hydrogen-bond acceptors (Lipinski definition) is 9. The van der Waals surface area contributed by atoms with Gasteiger partial charge in [0.1, 0.15) is 0 Å². The lowest BCUT2D eigenvalue weighted by Gasteiger charge is -2.35. The van der Waals surface area contributed by atoms with Gasteiger partial charge >= 0.3 is 15.2 Å². The molecule has 0 fully saturated rings. The van der Waals surface area contributed by atoms with Gasteiger partial charge in [0.05, 0.1) is 25.5 Å². The normalized spacial score (nSPS) is 13.2. The van der Waals surface area contributed by atoms with E-state index < -0.39 is 23.7 Å². The minimum Gasteiger partial charge on any atom is -0.322 e. The van der Waals surface area contributed by atoms with E-state index in [9.17, 15) is 9.13 Å². The number of rotatable bonds is 21. The van der Waals surface area contributed by atoms with Gasteiger partial charge in [0.15, 0.2) is 0 Å². The van der Waals surface area contributed by atoms with Crippen molar-refractivity contribution < 1.29 is 36.3 Å². The van der Waals surface area contributed by atoms with E-state index in [1.54, 1.807) is 0 Å². The van der Waals surface area contributed by atoms with Crippen molar-refractivity contribution in [2.75, 3.05) is 54.0 Å². The zero-order chi connectivity index (χ0) is 24.6. The second-order valence-electron chi connectivity index (χ2n) is 7.99. The Morgan fingerprint density at radius 1 is 0.625 bits per heavy atom. The second-order valence-corrected chi connectivity index (χ2v) is 14.2. The van der Waals surface area contributed by atoms with Gasteiger partial charge in [0.25, 0.3) is 8.53 Å². The van der Waals surface area contributed by atoms with Gasteiger partial charge in [-0.25, -0.2) is 4.67 Å². The van der Waals surface area contributed by atoms with Crippen molar-refractivity contribution in [1.29, 1.82) is 0 Å². The monoisotopic (exact) mass is 521 g/mol. The molecule has 0 aromatic carbocycles. The number of hydrogen-bond donors (Lipinski definition) is 0. The predicted molar refractivity (Wildman–Crippen MR) is 132 cm³/mol. The molecule has 0 atom stereocenters. The molecule has 12 heteroatoms. The maximum absolute atomic E-state index is 12.1. The summed E-state index contributed by atoms with van der Waals surface area (Å²) in [6.45, 7) is 9.72. The van der Waals surface area contributed by atoms with Crippen molar-refractivity contribution in [3.05, 3.63) is 0 Å². The molecule has 0 saturated carbocycles. The molecule has 0 N–H and O–H groups in total. The van der Waals surface area contributed by atoms with Crippen LogP contribution in [0.5, 0.6) is 0 Å². The van der Waals surface area contributed by atoms with Gasteiger partial charge in [-0.2, -0.15) is 0 Å². The molecule has 0 saturated heterocycles. The lowest BCUT2D eigenvalue weighted by Crippen LogP contribution is -2.33. The molecule has 0 aliphatic rings. The third-order valence-electron chi connectivity index (χ3n) is 4.92. The van der Waals surface area contributed by atoms with Gasteiger partial charge in [-0.1, -0.05) is 12.8 Å². The second kappa shape index (κ2) is 18.0.